The maximum atomic E-state index is 12.9. The molecule has 0 spiro atoms. The van der Waals surface area contributed by atoms with E-state index in [1.165, 1.54) is 0 Å². The topological polar surface area (TPSA) is 32.3 Å². The zero-order chi connectivity index (χ0) is 15.7. The van der Waals surface area contributed by atoms with E-state index < -0.39 is 5.54 Å². The molecule has 1 aromatic rings. The number of benzene rings is 1. The van der Waals surface area contributed by atoms with Crippen molar-refractivity contribution in [1.29, 1.82) is 0 Å². The Morgan fingerprint density at radius 2 is 1.86 bits per heavy atom. The van der Waals surface area contributed by atoms with E-state index in [9.17, 15) is 4.79 Å². The van der Waals surface area contributed by atoms with Crippen LogP contribution in [0.15, 0.2) is 30.3 Å². The van der Waals surface area contributed by atoms with Gasteiger partial charge in [-0.05, 0) is 30.7 Å². The van der Waals surface area contributed by atoms with Gasteiger partial charge in [0.2, 0.25) is 5.91 Å². The van der Waals surface area contributed by atoms with E-state index in [4.69, 9.17) is 0 Å². The SMILES string of the molecule is CCC(C)(C)CN1C(=O)C(C)(CC)NC1c1ccccc1. The summed E-state index contributed by atoms with van der Waals surface area (Å²) in [6, 6.07) is 10.3. The standard InChI is InChI=1S/C18H28N2O/c1-6-17(3,4)13-20-15(14-11-9-8-10-12-14)19-18(5,7-2)16(20)21/h8-12,15,19H,6-7,13H2,1-5H3. The van der Waals surface area contributed by atoms with Crippen LogP contribution in [0, 0.1) is 5.41 Å². The Morgan fingerprint density at radius 3 is 2.38 bits per heavy atom. The fraction of sp³-hybridized carbons (Fsp3) is 0.611. The molecule has 0 aliphatic carbocycles. The molecule has 1 aliphatic heterocycles. The molecule has 3 heteroatoms. The molecule has 1 heterocycles. The molecule has 1 N–H and O–H groups in total. The molecule has 0 bridgehead atoms. The van der Waals surface area contributed by atoms with Crippen LogP contribution in [-0.2, 0) is 4.79 Å². The van der Waals surface area contributed by atoms with Crippen molar-refractivity contribution in [3.63, 3.8) is 0 Å². The first-order valence-electron chi connectivity index (χ1n) is 7.97. The first-order valence-corrected chi connectivity index (χ1v) is 7.97. The molecular formula is C18H28N2O. The van der Waals surface area contributed by atoms with Crippen LogP contribution < -0.4 is 5.32 Å². The monoisotopic (exact) mass is 288 g/mol. The molecule has 1 amide bonds. The van der Waals surface area contributed by atoms with E-state index in [2.05, 4.69) is 45.1 Å². The van der Waals surface area contributed by atoms with Gasteiger partial charge in [-0.3, -0.25) is 10.1 Å². The van der Waals surface area contributed by atoms with Gasteiger partial charge in [0.05, 0.1) is 5.54 Å². The minimum Gasteiger partial charge on any atom is -0.321 e. The van der Waals surface area contributed by atoms with Crippen molar-refractivity contribution in [1.82, 2.24) is 10.2 Å². The zero-order valence-corrected chi connectivity index (χ0v) is 13.9. The second-order valence-electron chi connectivity index (χ2n) is 7.09. The van der Waals surface area contributed by atoms with E-state index in [0.717, 1.165) is 24.9 Å². The lowest BCUT2D eigenvalue weighted by atomic mass is 9.89. The lowest BCUT2D eigenvalue weighted by Gasteiger charge is -2.33. The molecule has 0 saturated carbocycles. The maximum Gasteiger partial charge on any atom is 0.244 e. The van der Waals surface area contributed by atoms with Crippen LogP contribution in [0.2, 0.25) is 0 Å². The lowest BCUT2D eigenvalue weighted by Crippen LogP contribution is -2.44. The van der Waals surface area contributed by atoms with Gasteiger partial charge in [-0.1, -0.05) is 58.0 Å². The zero-order valence-electron chi connectivity index (χ0n) is 13.9. The molecule has 2 atom stereocenters. The van der Waals surface area contributed by atoms with Crippen molar-refractivity contribution in [2.75, 3.05) is 6.54 Å². The first-order chi connectivity index (χ1) is 9.83. The van der Waals surface area contributed by atoms with Crippen LogP contribution >= 0.6 is 0 Å². The predicted octanol–water partition coefficient (Wildman–Crippen LogP) is 3.72. The van der Waals surface area contributed by atoms with Crippen molar-refractivity contribution < 1.29 is 4.79 Å². The van der Waals surface area contributed by atoms with Gasteiger partial charge in [0, 0.05) is 6.54 Å². The Labute approximate surface area is 128 Å². The van der Waals surface area contributed by atoms with E-state index in [-0.39, 0.29) is 17.5 Å². The molecule has 1 aromatic carbocycles. The maximum absolute atomic E-state index is 12.9. The molecule has 21 heavy (non-hydrogen) atoms. The summed E-state index contributed by atoms with van der Waals surface area (Å²) in [7, 11) is 0. The third-order valence-corrected chi connectivity index (χ3v) is 4.88. The van der Waals surface area contributed by atoms with Crippen LogP contribution in [0.1, 0.15) is 59.2 Å². The van der Waals surface area contributed by atoms with Gasteiger partial charge in [-0.25, -0.2) is 0 Å². The third kappa shape index (κ3) is 3.13. The highest BCUT2D eigenvalue weighted by Gasteiger charge is 2.48. The Balaban J connectivity index is 2.34. The highest BCUT2D eigenvalue weighted by Crippen LogP contribution is 2.35. The average molecular weight is 288 g/mol. The lowest BCUT2D eigenvalue weighted by molar-refractivity contribution is -0.134. The molecule has 0 radical (unpaired) electrons. The summed E-state index contributed by atoms with van der Waals surface area (Å²) in [5.41, 5.74) is 0.836. The highest BCUT2D eigenvalue weighted by molar-refractivity contribution is 5.88. The molecule has 3 nitrogen and oxygen atoms in total. The van der Waals surface area contributed by atoms with Gasteiger partial charge < -0.3 is 4.90 Å². The quantitative estimate of drug-likeness (QED) is 0.895. The van der Waals surface area contributed by atoms with Crippen molar-refractivity contribution >= 4 is 5.91 Å². The van der Waals surface area contributed by atoms with E-state index >= 15 is 0 Å². The molecule has 2 unspecified atom stereocenters. The number of hydrogen-bond acceptors (Lipinski definition) is 2. The van der Waals surface area contributed by atoms with Gasteiger partial charge in [0.1, 0.15) is 6.17 Å². The Morgan fingerprint density at radius 1 is 1.24 bits per heavy atom. The summed E-state index contributed by atoms with van der Waals surface area (Å²) < 4.78 is 0. The van der Waals surface area contributed by atoms with Gasteiger partial charge in [-0.15, -0.1) is 0 Å². The summed E-state index contributed by atoms with van der Waals surface area (Å²) in [5.74, 6) is 0.223. The second kappa shape index (κ2) is 5.80. The Hall–Kier alpha value is -1.35. The minimum atomic E-state index is -0.454. The molecule has 1 aliphatic rings. The fourth-order valence-electron chi connectivity index (χ4n) is 2.76. The van der Waals surface area contributed by atoms with E-state index in [1.54, 1.807) is 0 Å². The largest absolute Gasteiger partial charge is 0.321 e. The number of carbonyl (C=O) groups is 1. The van der Waals surface area contributed by atoms with Gasteiger partial charge in [0.25, 0.3) is 0 Å². The van der Waals surface area contributed by atoms with Crippen molar-refractivity contribution in [2.24, 2.45) is 5.41 Å². The summed E-state index contributed by atoms with van der Waals surface area (Å²) >= 11 is 0. The van der Waals surface area contributed by atoms with Crippen LogP contribution in [-0.4, -0.2) is 22.9 Å². The van der Waals surface area contributed by atoms with Crippen molar-refractivity contribution in [2.45, 2.75) is 59.2 Å². The molecule has 0 aromatic heterocycles. The van der Waals surface area contributed by atoms with Crippen molar-refractivity contribution in [3.05, 3.63) is 35.9 Å². The number of carbonyl (C=O) groups excluding carboxylic acids is 1. The number of nitrogens with zero attached hydrogens (tertiary/aromatic N) is 1. The summed E-state index contributed by atoms with van der Waals surface area (Å²) in [6.45, 7) is 11.5. The minimum absolute atomic E-state index is 0.0190. The second-order valence-corrected chi connectivity index (χ2v) is 7.09. The molecule has 116 valence electrons. The van der Waals surface area contributed by atoms with Crippen LogP contribution in [0.3, 0.4) is 0 Å². The van der Waals surface area contributed by atoms with Crippen LogP contribution in [0.25, 0.3) is 0 Å². The van der Waals surface area contributed by atoms with Gasteiger partial charge >= 0.3 is 0 Å². The van der Waals surface area contributed by atoms with Crippen molar-refractivity contribution in [3.8, 4) is 0 Å². The number of rotatable bonds is 5. The number of amides is 1. The third-order valence-electron chi connectivity index (χ3n) is 4.88. The summed E-state index contributed by atoms with van der Waals surface area (Å²) in [4.78, 5) is 14.9. The Bertz CT molecular complexity index is 497. The summed E-state index contributed by atoms with van der Waals surface area (Å²) in [5, 5.41) is 3.56. The summed E-state index contributed by atoms with van der Waals surface area (Å²) in [6.07, 6.45) is 1.84. The fourth-order valence-corrected chi connectivity index (χ4v) is 2.76. The first kappa shape index (κ1) is 16.0. The van der Waals surface area contributed by atoms with Gasteiger partial charge in [-0.2, -0.15) is 0 Å². The van der Waals surface area contributed by atoms with E-state index in [0.29, 0.717) is 0 Å². The normalized spacial score (nSPS) is 26.4. The van der Waals surface area contributed by atoms with Gasteiger partial charge in [0.15, 0.2) is 0 Å². The van der Waals surface area contributed by atoms with Crippen LogP contribution in [0.5, 0.6) is 0 Å². The average Bonchev–Trinajstić information content (AvgIpc) is 2.73. The smallest absolute Gasteiger partial charge is 0.244 e. The Kier molecular flexibility index (Phi) is 4.43. The molecule has 1 fully saturated rings. The number of nitrogens with one attached hydrogen (secondary N) is 1. The van der Waals surface area contributed by atoms with E-state index in [1.807, 2.05) is 30.0 Å². The molecule has 1 saturated heterocycles. The number of hydrogen-bond donors (Lipinski definition) is 1. The molecular weight excluding hydrogens is 260 g/mol. The van der Waals surface area contributed by atoms with Crippen LogP contribution in [0.4, 0.5) is 0 Å². The highest BCUT2D eigenvalue weighted by atomic mass is 16.2. The molecule has 2 rings (SSSR count). The predicted molar refractivity (Wildman–Crippen MR) is 86.8 cm³/mol.